The molecule has 2 fully saturated rings. The summed E-state index contributed by atoms with van der Waals surface area (Å²) in [5.74, 6) is 4.29. The Morgan fingerprint density at radius 3 is 2.60 bits per heavy atom. The van der Waals surface area contributed by atoms with Crippen molar-refractivity contribution >= 4 is 28.9 Å². The highest BCUT2D eigenvalue weighted by molar-refractivity contribution is 6.03. The number of imidazole rings is 1. The lowest BCUT2D eigenvalue weighted by Crippen LogP contribution is -2.33. The Morgan fingerprint density at radius 1 is 1.25 bits per heavy atom. The van der Waals surface area contributed by atoms with Crippen LogP contribution >= 0.6 is 0 Å². The van der Waals surface area contributed by atoms with Crippen molar-refractivity contribution in [3.05, 3.63) is 41.7 Å². The molecular weight excluding hydrogens is 508 g/mol. The van der Waals surface area contributed by atoms with Crippen LogP contribution in [-0.2, 0) is 12.1 Å². The minimum absolute atomic E-state index is 0.0926. The molecule has 3 heterocycles. The Morgan fingerprint density at radius 2 is 2.00 bits per heavy atom. The number of fused-ring (bicyclic) bond motifs is 1. The van der Waals surface area contributed by atoms with Crippen LogP contribution in [0.25, 0.3) is 11.2 Å². The minimum atomic E-state index is -1.51. The van der Waals surface area contributed by atoms with Gasteiger partial charge in [-0.15, -0.1) is 12.3 Å². The van der Waals surface area contributed by atoms with E-state index in [9.17, 15) is 15.0 Å². The number of amides is 1. The largest absolute Gasteiger partial charge is 0.465 e. The van der Waals surface area contributed by atoms with Crippen molar-refractivity contribution in [2.24, 2.45) is 17.8 Å². The van der Waals surface area contributed by atoms with Gasteiger partial charge in [0.2, 0.25) is 0 Å². The summed E-state index contributed by atoms with van der Waals surface area (Å²) in [4.78, 5) is 29.4. The Kier molecular flexibility index (Phi) is 7.72. The zero-order valence-corrected chi connectivity index (χ0v) is 22.9. The molecule has 1 unspecified atom stereocenters. The van der Waals surface area contributed by atoms with Gasteiger partial charge in [-0.3, -0.25) is 15.7 Å². The average molecular weight is 545 g/mol. The van der Waals surface area contributed by atoms with Crippen molar-refractivity contribution in [1.82, 2.24) is 29.8 Å². The number of amidine groups is 1. The van der Waals surface area contributed by atoms with Gasteiger partial charge in [0.05, 0.1) is 0 Å². The van der Waals surface area contributed by atoms with E-state index in [1.165, 1.54) is 6.42 Å². The van der Waals surface area contributed by atoms with Crippen LogP contribution in [0.3, 0.4) is 0 Å². The molecule has 0 aliphatic heterocycles. The first kappa shape index (κ1) is 27.5. The first-order valence-corrected chi connectivity index (χ1v) is 13.9. The zero-order chi connectivity index (χ0) is 28.4. The molecule has 3 aromatic heterocycles. The molecule has 0 aromatic carbocycles. The first-order chi connectivity index (χ1) is 19.2. The lowest BCUT2D eigenvalue weighted by Gasteiger charge is -2.33. The summed E-state index contributed by atoms with van der Waals surface area (Å²) in [5.41, 5.74) is -0.0270. The molecule has 2 saturated carbocycles. The monoisotopic (exact) mass is 544 g/mol. The lowest BCUT2D eigenvalue weighted by molar-refractivity contribution is 0.0863. The summed E-state index contributed by atoms with van der Waals surface area (Å²) >= 11 is 0. The molecule has 11 nitrogen and oxygen atoms in total. The van der Waals surface area contributed by atoms with E-state index < -0.39 is 17.5 Å². The third kappa shape index (κ3) is 5.49. The third-order valence-corrected chi connectivity index (χ3v) is 8.46. The third-order valence-electron chi connectivity index (χ3n) is 8.46. The van der Waals surface area contributed by atoms with E-state index in [4.69, 9.17) is 16.8 Å². The fourth-order valence-corrected chi connectivity index (χ4v) is 5.78. The maximum absolute atomic E-state index is 11.9. The summed E-state index contributed by atoms with van der Waals surface area (Å²) in [6.45, 7) is 4.37. The van der Waals surface area contributed by atoms with Gasteiger partial charge >= 0.3 is 6.09 Å². The molecule has 0 spiro atoms. The van der Waals surface area contributed by atoms with E-state index in [0.717, 1.165) is 38.5 Å². The molecule has 210 valence electrons. The number of aliphatic hydroxyl groups is 1. The number of carboxylic acid groups (broad SMARTS) is 1. The van der Waals surface area contributed by atoms with Gasteiger partial charge < -0.3 is 20.1 Å². The van der Waals surface area contributed by atoms with Crippen LogP contribution in [0.5, 0.6) is 0 Å². The smallest absolute Gasteiger partial charge is 0.410 e. The topological polar surface area (TPSA) is 162 Å². The molecule has 1 amide bonds. The number of hydrogen-bond acceptors (Lipinski definition) is 8. The molecule has 5 rings (SSSR count). The maximum atomic E-state index is 11.9. The summed E-state index contributed by atoms with van der Waals surface area (Å²) in [7, 11) is 0. The molecule has 5 N–H and O–H groups in total. The van der Waals surface area contributed by atoms with Gasteiger partial charge in [0.1, 0.15) is 16.9 Å². The van der Waals surface area contributed by atoms with Crippen LogP contribution in [0.2, 0.25) is 0 Å². The average Bonchev–Trinajstić information content (AvgIpc) is 3.27. The number of pyridine rings is 1. The SMILES string of the molecule is C#C[C@H]1CC[C@H](Cn2c(C(C)(O)c3cccnc3)nc3nc(C(=N)NC(=O)O)nc(N[C@H](C)C4CCC4)c32)CC1. The number of aromatic nitrogens is 5. The van der Waals surface area contributed by atoms with Gasteiger partial charge in [0.15, 0.2) is 23.1 Å². The molecule has 2 aliphatic carbocycles. The predicted molar refractivity (Wildman–Crippen MR) is 151 cm³/mol. The number of carbonyl (C=O) groups is 1. The van der Waals surface area contributed by atoms with Crippen molar-refractivity contribution in [3.63, 3.8) is 0 Å². The standard InChI is InChI=1S/C29H36N8O3/c1-4-18-10-12-19(13-11-18)16-37-22-24(32-17(2)20-7-5-8-20)34-26(23(30)33-28(38)39)35-25(22)36-27(37)29(3,40)21-9-6-14-31-15-21/h1,6,9,14-15,17-20,40H,5,7-8,10-13,16H2,2-3H3,(H2,30,33)(H,38,39)(H,32,34,35)/t17-,18-,19-,29?/m1/s1. The number of terminal acetylenes is 1. The lowest BCUT2D eigenvalue weighted by atomic mass is 9.80. The fraction of sp³-hybridized carbons (Fsp3) is 0.517. The van der Waals surface area contributed by atoms with Crippen molar-refractivity contribution in [2.45, 2.75) is 77.0 Å². The molecule has 3 aromatic rings. The number of hydrogen-bond donors (Lipinski definition) is 5. The summed E-state index contributed by atoms with van der Waals surface area (Å²) < 4.78 is 2.00. The van der Waals surface area contributed by atoms with Crippen LogP contribution in [0.4, 0.5) is 10.6 Å². The van der Waals surface area contributed by atoms with Gasteiger partial charge in [-0.2, -0.15) is 0 Å². The fourth-order valence-electron chi connectivity index (χ4n) is 5.78. The molecule has 0 bridgehead atoms. The number of nitrogens with one attached hydrogen (secondary N) is 3. The van der Waals surface area contributed by atoms with E-state index in [1.807, 2.05) is 9.88 Å². The van der Waals surface area contributed by atoms with Crippen LogP contribution in [0.1, 0.15) is 76.0 Å². The van der Waals surface area contributed by atoms with Crippen LogP contribution in [0, 0.1) is 35.5 Å². The number of rotatable bonds is 8. The predicted octanol–water partition coefficient (Wildman–Crippen LogP) is 4.11. The number of anilines is 1. The highest BCUT2D eigenvalue weighted by atomic mass is 16.4. The molecule has 0 radical (unpaired) electrons. The van der Waals surface area contributed by atoms with Gasteiger partial charge in [-0.1, -0.05) is 12.5 Å². The summed E-state index contributed by atoms with van der Waals surface area (Å²) in [6.07, 6.45) is 14.8. The first-order valence-electron chi connectivity index (χ1n) is 13.9. The Hall–Kier alpha value is -4.04. The molecule has 40 heavy (non-hydrogen) atoms. The molecule has 11 heteroatoms. The summed E-state index contributed by atoms with van der Waals surface area (Å²) in [6, 6.07) is 3.66. The Labute approximate surface area is 233 Å². The normalized spacial score (nSPS) is 21.6. The highest BCUT2D eigenvalue weighted by Crippen LogP contribution is 2.37. The highest BCUT2D eigenvalue weighted by Gasteiger charge is 2.36. The Bertz CT molecular complexity index is 1430. The van der Waals surface area contributed by atoms with Gasteiger partial charge in [0.25, 0.3) is 0 Å². The van der Waals surface area contributed by atoms with Crippen molar-refractivity contribution in [3.8, 4) is 12.3 Å². The molecule has 0 saturated heterocycles. The Balaban J connectivity index is 1.66. The van der Waals surface area contributed by atoms with Crippen LogP contribution in [0.15, 0.2) is 24.5 Å². The van der Waals surface area contributed by atoms with Crippen LogP contribution < -0.4 is 10.6 Å². The van der Waals surface area contributed by atoms with Gasteiger partial charge in [-0.05, 0) is 70.3 Å². The number of nitrogens with zero attached hydrogens (tertiary/aromatic N) is 5. The quantitative estimate of drug-likeness (QED) is 0.161. The molecule has 2 aliphatic rings. The van der Waals surface area contributed by atoms with E-state index in [2.05, 4.69) is 33.1 Å². The van der Waals surface area contributed by atoms with Crippen molar-refractivity contribution in [1.29, 1.82) is 5.41 Å². The van der Waals surface area contributed by atoms with E-state index in [1.54, 1.807) is 31.5 Å². The van der Waals surface area contributed by atoms with E-state index in [-0.39, 0.29) is 23.4 Å². The maximum Gasteiger partial charge on any atom is 0.410 e. The van der Waals surface area contributed by atoms with Gasteiger partial charge in [0, 0.05) is 36.5 Å². The zero-order valence-electron chi connectivity index (χ0n) is 22.9. The van der Waals surface area contributed by atoms with Crippen LogP contribution in [-0.4, -0.2) is 52.7 Å². The summed E-state index contributed by atoms with van der Waals surface area (Å²) in [5, 5.41) is 34.9. The molecular formula is C29H36N8O3. The van der Waals surface area contributed by atoms with Crippen molar-refractivity contribution in [2.75, 3.05) is 5.32 Å². The van der Waals surface area contributed by atoms with E-state index in [0.29, 0.717) is 41.1 Å². The second kappa shape index (κ2) is 11.2. The molecule has 2 atom stereocenters. The van der Waals surface area contributed by atoms with E-state index >= 15 is 0 Å². The van der Waals surface area contributed by atoms with Gasteiger partial charge in [-0.25, -0.2) is 19.7 Å². The van der Waals surface area contributed by atoms with Crippen molar-refractivity contribution < 1.29 is 15.0 Å². The second-order valence-corrected chi connectivity index (χ2v) is 11.2. The second-order valence-electron chi connectivity index (χ2n) is 11.2. The minimum Gasteiger partial charge on any atom is -0.465 e.